The molecule has 3 heterocycles. The minimum Gasteiger partial charge on any atom is -0.306 e. The number of hydrogen-bond donors (Lipinski definition) is 1. The number of nitrogens with zero attached hydrogens (tertiary/aromatic N) is 2. The summed E-state index contributed by atoms with van der Waals surface area (Å²) >= 11 is 0. The molecule has 0 saturated heterocycles. The van der Waals surface area contributed by atoms with Gasteiger partial charge in [-0.3, -0.25) is 0 Å². The first-order valence-corrected chi connectivity index (χ1v) is 7.11. The van der Waals surface area contributed by atoms with Crippen LogP contribution in [-0.4, -0.2) is 15.9 Å². The van der Waals surface area contributed by atoms with Crippen LogP contribution in [0.3, 0.4) is 0 Å². The van der Waals surface area contributed by atoms with E-state index in [1.54, 1.807) is 0 Å². The number of nitrogens with one attached hydrogen (secondary N) is 1. The largest absolute Gasteiger partial charge is 0.306 e. The molecule has 94 valence electrons. The average molecular weight is 241 g/mol. The highest BCUT2D eigenvalue weighted by atomic mass is 15.1. The average Bonchev–Trinajstić information content (AvgIpc) is 2.79. The maximum Gasteiger partial charge on any atom is 0.137 e. The van der Waals surface area contributed by atoms with E-state index in [4.69, 9.17) is 4.98 Å². The third-order valence-corrected chi connectivity index (χ3v) is 4.59. The minimum absolute atomic E-state index is 0.201. The lowest BCUT2D eigenvalue weighted by molar-refractivity contribution is 0.214. The Kier molecular flexibility index (Phi) is 2.24. The highest BCUT2D eigenvalue weighted by Crippen LogP contribution is 2.40. The van der Waals surface area contributed by atoms with Crippen LogP contribution < -0.4 is 5.32 Å². The molecule has 2 aliphatic rings. The fraction of sp³-hybridized carbons (Fsp3) is 0.533. The monoisotopic (exact) mass is 241 g/mol. The summed E-state index contributed by atoms with van der Waals surface area (Å²) < 4.78 is 2.31. The molecule has 2 aromatic heterocycles. The van der Waals surface area contributed by atoms with Gasteiger partial charge in [0.15, 0.2) is 0 Å². The summed E-state index contributed by atoms with van der Waals surface area (Å²) in [7, 11) is 0. The molecule has 4 rings (SSSR count). The van der Waals surface area contributed by atoms with E-state index >= 15 is 0 Å². The van der Waals surface area contributed by atoms with Gasteiger partial charge in [-0.15, -0.1) is 0 Å². The minimum atomic E-state index is 0.201. The van der Waals surface area contributed by atoms with Gasteiger partial charge in [0.25, 0.3) is 0 Å². The summed E-state index contributed by atoms with van der Waals surface area (Å²) in [5.41, 5.74) is 4.08. The van der Waals surface area contributed by atoms with Crippen molar-refractivity contribution in [1.82, 2.24) is 14.7 Å². The quantitative estimate of drug-likeness (QED) is 0.768. The zero-order valence-corrected chi connectivity index (χ0v) is 10.7. The van der Waals surface area contributed by atoms with Crippen LogP contribution in [0.4, 0.5) is 0 Å². The first-order chi connectivity index (χ1) is 8.89. The van der Waals surface area contributed by atoms with Crippen LogP contribution in [0.5, 0.6) is 0 Å². The summed E-state index contributed by atoms with van der Waals surface area (Å²) in [5, 5.41) is 3.81. The van der Waals surface area contributed by atoms with Crippen molar-refractivity contribution in [2.24, 2.45) is 0 Å². The first-order valence-electron chi connectivity index (χ1n) is 7.11. The Morgan fingerprint density at radius 2 is 2.06 bits per heavy atom. The summed E-state index contributed by atoms with van der Waals surface area (Å²) in [4.78, 5) is 4.83. The van der Waals surface area contributed by atoms with E-state index in [9.17, 15) is 0 Å². The lowest BCUT2D eigenvalue weighted by atomic mass is 9.76. The Labute approximate surface area is 107 Å². The van der Waals surface area contributed by atoms with Crippen molar-refractivity contribution < 1.29 is 0 Å². The molecule has 1 N–H and O–H groups in total. The van der Waals surface area contributed by atoms with Crippen molar-refractivity contribution >= 4 is 5.65 Å². The lowest BCUT2D eigenvalue weighted by Gasteiger charge is -2.41. The Balaban J connectivity index is 1.96. The smallest absolute Gasteiger partial charge is 0.137 e. The van der Waals surface area contributed by atoms with Gasteiger partial charge in [0.05, 0.1) is 16.9 Å². The van der Waals surface area contributed by atoms with Crippen molar-refractivity contribution in [3.05, 3.63) is 35.8 Å². The van der Waals surface area contributed by atoms with Crippen LogP contribution in [0.25, 0.3) is 5.65 Å². The standard InChI is InChI=1S/C15H19N3/c1-3-8-15(9-4-1)14-12(7-10-16-15)17-13-6-2-5-11-18(13)14/h2,5-6,11,16H,1,3-4,7-10H2. The van der Waals surface area contributed by atoms with Gasteiger partial charge < -0.3 is 9.72 Å². The predicted molar refractivity (Wildman–Crippen MR) is 71.7 cm³/mol. The molecule has 0 atom stereocenters. The molecule has 0 amide bonds. The fourth-order valence-electron chi connectivity index (χ4n) is 3.80. The van der Waals surface area contributed by atoms with E-state index < -0.39 is 0 Å². The molecule has 1 aliphatic carbocycles. The lowest BCUT2D eigenvalue weighted by Crippen LogP contribution is -2.49. The van der Waals surface area contributed by atoms with Crippen LogP contribution in [0.1, 0.15) is 43.5 Å². The second-order valence-electron chi connectivity index (χ2n) is 5.66. The molecular formula is C15H19N3. The SMILES string of the molecule is c1ccn2c3c(nc2c1)CCNC31CCCCC1. The molecule has 18 heavy (non-hydrogen) atoms. The van der Waals surface area contributed by atoms with Crippen molar-refractivity contribution in [2.45, 2.75) is 44.1 Å². The normalized spacial score (nSPS) is 22.2. The summed E-state index contributed by atoms with van der Waals surface area (Å²) in [6, 6.07) is 6.31. The predicted octanol–water partition coefficient (Wildman–Crippen LogP) is 2.64. The molecule has 1 fully saturated rings. The van der Waals surface area contributed by atoms with E-state index in [1.165, 1.54) is 43.5 Å². The topological polar surface area (TPSA) is 29.3 Å². The van der Waals surface area contributed by atoms with Gasteiger partial charge in [-0.1, -0.05) is 25.3 Å². The number of fused-ring (bicyclic) bond motifs is 4. The number of aromatic nitrogens is 2. The fourth-order valence-corrected chi connectivity index (χ4v) is 3.80. The molecule has 0 radical (unpaired) electrons. The molecule has 3 nitrogen and oxygen atoms in total. The molecule has 0 aromatic carbocycles. The van der Waals surface area contributed by atoms with Gasteiger partial charge in [0, 0.05) is 19.2 Å². The van der Waals surface area contributed by atoms with Crippen LogP contribution in [0.15, 0.2) is 24.4 Å². The van der Waals surface area contributed by atoms with E-state index in [1.807, 2.05) is 0 Å². The molecule has 1 saturated carbocycles. The zero-order valence-electron chi connectivity index (χ0n) is 10.7. The molecular weight excluding hydrogens is 222 g/mol. The molecule has 1 aliphatic heterocycles. The Bertz CT molecular complexity index is 578. The molecule has 1 spiro atoms. The van der Waals surface area contributed by atoms with Gasteiger partial charge >= 0.3 is 0 Å². The highest BCUT2D eigenvalue weighted by Gasteiger charge is 2.40. The third-order valence-electron chi connectivity index (χ3n) is 4.59. The van der Waals surface area contributed by atoms with Crippen LogP contribution in [0.2, 0.25) is 0 Å². The number of pyridine rings is 1. The molecule has 2 aromatic rings. The van der Waals surface area contributed by atoms with E-state index in [0.29, 0.717) is 0 Å². The van der Waals surface area contributed by atoms with Gasteiger partial charge in [0.1, 0.15) is 5.65 Å². The summed E-state index contributed by atoms with van der Waals surface area (Å²) in [6.07, 6.45) is 9.84. The van der Waals surface area contributed by atoms with Gasteiger partial charge in [-0.05, 0) is 25.0 Å². The zero-order chi connectivity index (χ0) is 12.0. The van der Waals surface area contributed by atoms with Crippen LogP contribution >= 0.6 is 0 Å². The maximum atomic E-state index is 4.83. The highest BCUT2D eigenvalue weighted by molar-refractivity contribution is 5.46. The Morgan fingerprint density at radius 1 is 1.17 bits per heavy atom. The summed E-state index contributed by atoms with van der Waals surface area (Å²) in [5.74, 6) is 0. The van der Waals surface area contributed by atoms with E-state index in [2.05, 4.69) is 34.1 Å². The van der Waals surface area contributed by atoms with Crippen molar-refractivity contribution in [3.63, 3.8) is 0 Å². The van der Waals surface area contributed by atoms with Crippen molar-refractivity contribution in [2.75, 3.05) is 6.54 Å². The molecule has 0 unspecified atom stereocenters. The van der Waals surface area contributed by atoms with Gasteiger partial charge in [-0.25, -0.2) is 4.98 Å². The van der Waals surface area contributed by atoms with Gasteiger partial charge in [0.2, 0.25) is 0 Å². The van der Waals surface area contributed by atoms with Gasteiger partial charge in [-0.2, -0.15) is 0 Å². The first kappa shape index (κ1) is 10.6. The summed E-state index contributed by atoms with van der Waals surface area (Å²) in [6.45, 7) is 1.08. The second kappa shape index (κ2) is 3.82. The Morgan fingerprint density at radius 3 is 2.94 bits per heavy atom. The number of imidazole rings is 1. The maximum absolute atomic E-state index is 4.83. The Hall–Kier alpha value is -1.35. The van der Waals surface area contributed by atoms with Crippen molar-refractivity contribution in [1.29, 1.82) is 0 Å². The second-order valence-corrected chi connectivity index (χ2v) is 5.66. The number of rotatable bonds is 0. The number of hydrogen-bond acceptors (Lipinski definition) is 2. The van der Waals surface area contributed by atoms with E-state index in [-0.39, 0.29) is 5.54 Å². The molecule has 3 heteroatoms. The van der Waals surface area contributed by atoms with Crippen molar-refractivity contribution in [3.8, 4) is 0 Å². The van der Waals surface area contributed by atoms with Crippen LogP contribution in [-0.2, 0) is 12.0 Å². The van der Waals surface area contributed by atoms with Crippen LogP contribution in [0, 0.1) is 0 Å². The third kappa shape index (κ3) is 1.37. The molecule has 0 bridgehead atoms. The van der Waals surface area contributed by atoms with E-state index in [0.717, 1.165) is 18.6 Å².